The summed E-state index contributed by atoms with van der Waals surface area (Å²) in [6.07, 6.45) is 3.24. The summed E-state index contributed by atoms with van der Waals surface area (Å²) < 4.78 is 8.82. The first-order chi connectivity index (χ1) is 31.9. The second kappa shape index (κ2) is 19.9. The van der Waals surface area contributed by atoms with Crippen molar-refractivity contribution in [3.05, 3.63) is 187 Å². The fraction of sp³-hybridized carbons (Fsp3) is 0.217. The molecule has 67 heavy (non-hydrogen) atoms. The molecule has 0 aliphatic rings. The number of hydrogen-bond donors (Lipinski definition) is 0. The maximum absolute atomic E-state index is 6.55. The van der Waals surface area contributed by atoms with E-state index in [1.54, 1.807) is 0 Å². The SMILES string of the molecule is CC(C)Cc1cc(-c2[c-]cccc2)ncc1[Si](C)(C)C.CC(C)c1cc(-c2ccccc2)cc(C(C)C)c1-n1c(-c2[c-]ccc3c2oc2ccccc23)nc2ccc(-c3ccccc3)nc21.[Ir]. The number of aromatic nitrogens is 4. The minimum Gasteiger partial charge on any atom is -0.501 e. The summed E-state index contributed by atoms with van der Waals surface area (Å²) in [4.78, 5) is 15.3. The summed E-state index contributed by atoms with van der Waals surface area (Å²) in [6.45, 7) is 20.8. The predicted molar refractivity (Wildman–Crippen MR) is 279 cm³/mol. The van der Waals surface area contributed by atoms with Gasteiger partial charge in [0.15, 0.2) is 5.65 Å². The molecule has 4 aromatic heterocycles. The summed E-state index contributed by atoms with van der Waals surface area (Å²) in [7, 11) is -1.34. The number of benzene rings is 6. The van der Waals surface area contributed by atoms with Crippen LogP contribution in [0.3, 0.4) is 0 Å². The molecule has 6 aromatic carbocycles. The van der Waals surface area contributed by atoms with Gasteiger partial charge in [-0.15, -0.1) is 54.1 Å². The van der Waals surface area contributed by atoms with Gasteiger partial charge >= 0.3 is 0 Å². The average molecular weight is 1070 g/mol. The molecule has 0 N–H and O–H groups in total. The van der Waals surface area contributed by atoms with E-state index in [1.807, 2.05) is 42.5 Å². The molecular weight excluding hydrogens is 1010 g/mol. The van der Waals surface area contributed by atoms with E-state index in [1.165, 1.54) is 33.0 Å². The van der Waals surface area contributed by atoms with Crippen LogP contribution in [-0.2, 0) is 26.5 Å². The van der Waals surface area contributed by atoms with Crippen molar-refractivity contribution in [1.29, 1.82) is 0 Å². The molecule has 0 amide bonds. The van der Waals surface area contributed by atoms with Crippen molar-refractivity contribution in [3.8, 4) is 50.7 Å². The molecule has 0 saturated heterocycles. The number of nitrogens with zero attached hydrogens (tertiary/aromatic N) is 4. The van der Waals surface area contributed by atoms with Crippen molar-refractivity contribution in [1.82, 2.24) is 19.5 Å². The normalized spacial score (nSPS) is 11.7. The predicted octanol–water partition coefficient (Wildman–Crippen LogP) is 15.7. The first-order valence-corrected chi connectivity index (χ1v) is 26.8. The molecular formula is C60H58IrN4OSi-2. The van der Waals surface area contributed by atoms with Gasteiger partial charge in [-0.1, -0.05) is 163 Å². The third kappa shape index (κ3) is 9.78. The zero-order valence-corrected chi connectivity index (χ0v) is 43.4. The monoisotopic (exact) mass is 1070 g/mol. The first-order valence-electron chi connectivity index (χ1n) is 23.3. The van der Waals surface area contributed by atoms with Gasteiger partial charge in [-0.25, -0.2) is 4.98 Å². The fourth-order valence-corrected chi connectivity index (χ4v) is 10.6. The minimum atomic E-state index is -1.34. The van der Waals surface area contributed by atoms with Gasteiger partial charge in [-0.05, 0) is 87.6 Å². The molecule has 0 spiro atoms. The molecule has 4 heterocycles. The summed E-state index contributed by atoms with van der Waals surface area (Å²) >= 11 is 0. The summed E-state index contributed by atoms with van der Waals surface area (Å²) in [6, 6.07) is 59.3. The topological polar surface area (TPSA) is 56.7 Å². The number of hydrogen-bond acceptors (Lipinski definition) is 4. The number of furan rings is 1. The third-order valence-electron chi connectivity index (χ3n) is 12.3. The van der Waals surface area contributed by atoms with E-state index in [9.17, 15) is 0 Å². The number of imidazole rings is 1. The molecule has 0 unspecified atom stereocenters. The molecule has 0 aliphatic carbocycles. The molecule has 0 fully saturated rings. The van der Waals surface area contributed by atoms with Crippen LogP contribution in [0.4, 0.5) is 0 Å². The van der Waals surface area contributed by atoms with Crippen molar-refractivity contribution in [2.24, 2.45) is 5.92 Å². The molecule has 0 saturated carbocycles. The van der Waals surface area contributed by atoms with Gasteiger partial charge in [-0.2, -0.15) is 0 Å². The Morgan fingerprint density at radius 3 is 1.91 bits per heavy atom. The minimum absolute atomic E-state index is 0. The van der Waals surface area contributed by atoms with Crippen LogP contribution >= 0.6 is 0 Å². The van der Waals surface area contributed by atoms with Crippen molar-refractivity contribution in [2.75, 3.05) is 0 Å². The van der Waals surface area contributed by atoms with E-state index in [0.717, 1.165) is 79.1 Å². The van der Waals surface area contributed by atoms with E-state index in [-0.39, 0.29) is 31.9 Å². The summed E-state index contributed by atoms with van der Waals surface area (Å²) in [5.41, 5.74) is 15.7. The molecule has 0 atom stereocenters. The van der Waals surface area contributed by atoms with Crippen LogP contribution < -0.4 is 5.19 Å². The number of fused-ring (bicyclic) bond motifs is 4. The Morgan fingerprint density at radius 1 is 0.612 bits per heavy atom. The van der Waals surface area contributed by atoms with E-state index in [0.29, 0.717) is 5.92 Å². The van der Waals surface area contributed by atoms with Gasteiger partial charge in [0.1, 0.15) is 5.58 Å². The number of pyridine rings is 2. The quantitative estimate of drug-likeness (QED) is 0.101. The molecule has 1 radical (unpaired) electrons. The Labute approximate surface area is 410 Å². The van der Waals surface area contributed by atoms with E-state index in [2.05, 4.69) is 198 Å². The first kappa shape index (κ1) is 47.3. The maximum Gasteiger partial charge on any atom is 0.156 e. The van der Waals surface area contributed by atoms with Crippen LogP contribution in [0.5, 0.6) is 0 Å². The van der Waals surface area contributed by atoms with Gasteiger partial charge in [0.25, 0.3) is 0 Å². The molecule has 339 valence electrons. The smallest absolute Gasteiger partial charge is 0.156 e. The number of rotatable bonds is 10. The Balaban J connectivity index is 0.000000244. The van der Waals surface area contributed by atoms with Crippen molar-refractivity contribution in [3.63, 3.8) is 0 Å². The van der Waals surface area contributed by atoms with Gasteiger partial charge in [0.05, 0.1) is 30.7 Å². The average Bonchev–Trinajstić information content (AvgIpc) is 3.90. The van der Waals surface area contributed by atoms with Crippen molar-refractivity contribution in [2.45, 2.75) is 79.4 Å². The second-order valence-corrected chi connectivity index (χ2v) is 24.4. The standard InChI is InChI=1S/C42H34N3O.C18H24NSi.Ir/c1-26(2)34-24-30(28-14-7-5-8-15-28)25-35(27(3)4)39(34)45-41(33-20-13-19-32-31-18-11-12-21-38(31)46-40(32)33)44-37-23-22-36(43-42(37)45)29-16-9-6-10-17-29;1-14(2)11-16-12-17(15-9-7-6-8-10-15)19-13-18(16)20(3,4)5;/h5-19,21-27H,1-4H3;6-9,12-14H,11H2,1-5H3;/q2*-1;. The zero-order chi connectivity index (χ0) is 46.1. The van der Waals surface area contributed by atoms with Crippen LogP contribution in [0.25, 0.3) is 83.8 Å². The Hall–Kier alpha value is -6.24. The van der Waals surface area contributed by atoms with E-state index in [4.69, 9.17) is 14.4 Å². The van der Waals surface area contributed by atoms with Crippen molar-refractivity contribution < 1.29 is 24.5 Å². The summed E-state index contributed by atoms with van der Waals surface area (Å²) in [5, 5.41) is 3.62. The Bertz CT molecular complexity index is 3260. The van der Waals surface area contributed by atoms with Crippen LogP contribution in [0.1, 0.15) is 70.1 Å². The second-order valence-electron chi connectivity index (χ2n) is 19.4. The molecule has 0 bridgehead atoms. The van der Waals surface area contributed by atoms with Crippen LogP contribution in [0.15, 0.2) is 162 Å². The molecule has 7 heteroatoms. The van der Waals surface area contributed by atoms with Crippen LogP contribution in [0, 0.1) is 18.1 Å². The third-order valence-corrected chi connectivity index (χ3v) is 14.4. The van der Waals surface area contributed by atoms with Gasteiger partial charge < -0.3 is 14.0 Å². The molecule has 10 aromatic rings. The van der Waals surface area contributed by atoms with Gasteiger partial charge in [0.2, 0.25) is 0 Å². The molecule has 10 rings (SSSR count). The van der Waals surface area contributed by atoms with Crippen molar-refractivity contribution >= 4 is 46.4 Å². The largest absolute Gasteiger partial charge is 0.501 e. The molecule has 5 nitrogen and oxygen atoms in total. The van der Waals surface area contributed by atoms with Gasteiger partial charge in [0, 0.05) is 42.9 Å². The van der Waals surface area contributed by atoms with Crippen LogP contribution in [-0.4, -0.2) is 27.6 Å². The zero-order valence-electron chi connectivity index (χ0n) is 40.0. The number of para-hydroxylation sites is 1. The Morgan fingerprint density at radius 2 is 1.27 bits per heavy atom. The van der Waals surface area contributed by atoms with Crippen LogP contribution in [0.2, 0.25) is 19.6 Å². The fourth-order valence-electron chi connectivity index (χ4n) is 9.06. The Kier molecular flexibility index (Phi) is 14.1. The van der Waals surface area contributed by atoms with E-state index >= 15 is 0 Å². The summed E-state index contributed by atoms with van der Waals surface area (Å²) in [5.74, 6) is 1.92. The molecule has 0 aliphatic heterocycles. The maximum atomic E-state index is 6.55. The van der Waals surface area contributed by atoms with E-state index < -0.39 is 8.07 Å². The van der Waals surface area contributed by atoms with Gasteiger partial charge in [-0.3, -0.25) is 4.98 Å².